The van der Waals surface area contributed by atoms with Crippen LogP contribution in [-0.2, 0) is 0 Å². The van der Waals surface area contributed by atoms with Crippen LogP contribution in [0, 0.1) is 6.92 Å². The van der Waals surface area contributed by atoms with Crippen molar-refractivity contribution < 1.29 is 18.6 Å². The molecule has 3 rings (SSSR count). The molecule has 0 N–H and O–H groups in total. The highest BCUT2D eigenvalue weighted by Crippen LogP contribution is 2.40. The molecule has 0 amide bonds. The van der Waals surface area contributed by atoms with Crippen LogP contribution in [0.15, 0.2) is 45.6 Å². The average molecular weight is 326 g/mol. The number of hydrogen-bond donors (Lipinski definition) is 0. The van der Waals surface area contributed by atoms with Crippen molar-refractivity contribution in [2.45, 2.75) is 6.92 Å². The largest absolute Gasteiger partial charge is 0.493 e. The smallest absolute Gasteiger partial charge is 0.344 e. The molecule has 0 radical (unpaired) electrons. The van der Waals surface area contributed by atoms with Gasteiger partial charge in [0.1, 0.15) is 5.58 Å². The first-order valence-corrected chi connectivity index (χ1v) is 7.43. The van der Waals surface area contributed by atoms with Crippen molar-refractivity contribution in [2.24, 2.45) is 0 Å². The van der Waals surface area contributed by atoms with Crippen molar-refractivity contribution in [2.75, 3.05) is 21.3 Å². The topological polar surface area (TPSA) is 57.9 Å². The Morgan fingerprint density at radius 1 is 0.917 bits per heavy atom. The number of aryl methyl sites for hydroxylation is 1. The van der Waals surface area contributed by atoms with E-state index in [2.05, 4.69) is 0 Å². The fourth-order valence-electron chi connectivity index (χ4n) is 2.73. The predicted octanol–water partition coefficient (Wildman–Crippen LogP) is 3.79. The number of methoxy groups -OCH3 is 3. The second kappa shape index (κ2) is 6.28. The van der Waals surface area contributed by atoms with E-state index in [-0.39, 0.29) is 0 Å². The Morgan fingerprint density at radius 3 is 2.17 bits per heavy atom. The van der Waals surface area contributed by atoms with E-state index in [4.69, 9.17) is 18.6 Å². The van der Waals surface area contributed by atoms with E-state index in [1.807, 2.05) is 31.2 Å². The van der Waals surface area contributed by atoms with Gasteiger partial charge in [0.05, 0.1) is 26.9 Å². The molecule has 0 atom stereocenters. The maximum atomic E-state index is 12.5. The van der Waals surface area contributed by atoms with Crippen LogP contribution in [0.2, 0.25) is 0 Å². The highest BCUT2D eigenvalue weighted by Gasteiger charge is 2.17. The minimum Gasteiger partial charge on any atom is -0.493 e. The third-order valence-electron chi connectivity index (χ3n) is 3.93. The van der Waals surface area contributed by atoms with Gasteiger partial charge in [-0.1, -0.05) is 18.2 Å². The van der Waals surface area contributed by atoms with Gasteiger partial charge >= 0.3 is 5.63 Å². The molecule has 1 heterocycles. The number of rotatable bonds is 4. The second-order valence-electron chi connectivity index (χ2n) is 5.35. The number of ether oxygens (including phenoxy) is 3. The third-order valence-corrected chi connectivity index (χ3v) is 3.93. The molecule has 1 aromatic heterocycles. The maximum absolute atomic E-state index is 12.5. The van der Waals surface area contributed by atoms with Gasteiger partial charge in [0.2, 0.25) is 5.75 Å². The molecule has 2 aromatic carbocycles. The van der Waals surface area contributed by atoms with E-state index >= 15 is 0 Å². The van der Waals surface area contributed by atoms with Crippen LogP contribution in [0.3, 0.4) is 0 Å². The van der Waals surface area contributed by atoms with E-state index in [0.29, 0.717) is 34.0 Å². The Morgan fingerprint density at radius 2 is 1.58 bits per heavy atom. The summed E-state index contributed by atoms with van der Waals surface area (Å²) in [6.45, 7) is 1.91. The Kier molecular flexibility index (Phi) is 4.16. The van der Waals surface area contributed by atoms with E-state index in [0.717, 1.165) is 10.9 Å². The monoisotopic (exact) mass is 326 g/mol. The van der Waals surface area contributed by atoms with Gasteiger partial charge in [-0.25, -0.2) is 4.79 Å². The highest BCUT2D eigenvalue weighted by molar-refractivity contribution is 5.84. The van der Waals surface area contributed by atoms with Crippen molar-refractivity contribution in [1.82, 2.24) is 0 Å². The molecule has 5 nitrogen and oxygen atoms in total. The first kappa shape index (κ1) is 15.9. The van der Waals surface area contributed by atoms with Gasteiger partial charge < -0.3 is 18.6 Å². The van der Waals surface area contributed by atoms with Crippen molar-refractivity contribution >= 4 is 11.0 Å². The van der Waals surface area contributed by atoms with E-state index in [1.54, 1.807) is 12.1 Å². The SMILES string of the molecule is COc1cc(-c2cc3cccc(C)c3oc2=O)cc(OC)c1OC. The zero-order valence-corrected chi connectivity index (χ0v) is 14.0. The first-order chi connectivity index (χ1) is 11.6. The van der Waals surface area contributed by atoms with E-state index in [1.165, 1.54) is 21.3 Å². The summed E-state index contributed by atoms with van der Waals surface area (Å²) < 4.78 is 21.5. The van der Waals surface area contributed by atoms with Crippen molar-refractivity contribution in [1.29, 1.82) is 0 Å². The van der Waals surface area contributed by atoms with Crippen LogP contribution in [0.4, 0.5) is 0 Å². The number of benzene rings is 2. The van der Waals surface area contributed by atoms with Crippen LogP contribution in [-0.4, -0.2) is 21.3 Å². The third kappa shape index (κ3) is 2.58. The predicted molar refractivity (Wildman–Crippen MR) is 92.3 cm³/mol. The molecule has 0 saturated carbocycles. The minimum absolute atomic E-state index is 0.411. The Balaban J connectivity index is 2.27. The van der Waals surface area contributed by atoms with Crippen LogP contribution in [0.25, 0.3) is 22.1 Å². The molecule has 124 valence electrons. The van der Waals surface area contributed by atoms with Crippen LogP contribution < -0.4 is 19.8 Å². The van der Waals surface area contributed by atoms with Gasteiger partial charge in [-0.05, 0) is 36.2 Å². The molecule has 0 spiro atoms. The summed E-state index contributed by atoms with van der Waals surface area (Å²) in [5, 5.41) is 0.860. The average Bonchev–Trinajstić information content (AvgIpc) is 2.60. The minimum atomic E-state index is -0.411. The molecule has 0 saturated heterocycles. The molecule has 24 heavy (non-hydrogen) atoms. The number of fused-ring (bicyclic) bond motifs is 1. The Bertz CT molecular complexity index is 931. The summed E-state index contributed by atoms with van der Waals surface area (Å²) in [7, 11) is 4.60. The van der Waals surface area contributed by atoms with Gasteiger partial charge in [-0.2, -0.15) is 0 Å². The Labute approximate surface area is 139 Å². The molecule has 5 heteroatoms. The van der Waals surface area contributed by atoms with E-state index < -0.39 is 5.63 Å². The summed E-state index contributed by atoms with van der Waals surface area (Å²) in [6.07, 6.45) is 0. The summed E-state index contributed by atoms with van der Waals surface area (Å²) in [6, 6.07) is 11.0. The van der Waals surface area contributed by atoms with Crippen molar-refractivity contribution in [3.8, 4) is 28.4 Å². The lowest BCUT2D eigenvalue weighted by molar-refractivity contribution is 0.324. The number of para-hydroxylation sites is 1. The molecule has 0 aliphatic heterocycles. The molecular weight excluding hydrogens is 308 g/mol. The van der Waals surface area contributed by atoms with Crippen molar-refractivity contribution in [3.05, 3.63) is 52.4 Å². The van der Waals surface area contributed by atoms with Crippen LogP contribution in [0.1, 0.15) is 5.56 Å². The first-order valence-electron chi connectivity index (χ1n) is 7.43. The summed E-state index contributed by atoms with van der Waals surface area (Å²) in [4.78, 5) is 12.5. The zero-order chi connectivity index (χ0) is 17.3. The quantitative estimate of drug-likeness (QED) is 0.683. The lowest BCUT2D eigenvalue weighted by Gasteiger charge is -2.14. The van der Waals surface area contributed by atoms with Crippen LogP contribution in [0.5, 0.6) is 17.2 Å². The normalized spacial score (nSPS) is 10.7. The number of hydrogen-bond acceptors (Lipinski definition) is 5. The Hall–Kier alpha value is -2.95. The molecule has 3 aromatic rings. The summed E-state index contributed by atoms with van der Waals surface area (Å²) in [5.74, 6) is 1.44. The molecule has 0 bridgehead atoms. The van der Waals surface area contributed by atoms with Gasteiger partial charge in [0.25, 0.3) is 0 Å². The molecule has 0 aliphatic carbocycles. The molecule has 0 fully saturated rings. The van der Waals surface area contributed by atoms with E-state index in [9.17, 15) is 4.79 Å². The molecule has 0 unspecified atom stereocenters. The van der Waals surface area contributed by atoms with Gasteiger partial charge in [-0.3, -0.25) is 0 Å². The zero-order valence-electron chi connectivity index (χ0n) is 14.0. The second-order valence-corrected chi connectivity index (χ2v) is 5.35. The van der Waals surface area contributed by atoms with Crippen molar-refractivity contribution in [3.63, 3.8) is 0 Å². The maximum Gasteiger partial charge on any atom is 0.344 e. The fraction of sp³-hybridized carbons (Fsp3) is 0.211. The molecular formula is C19H18O5. The summed E-state index contributed by atoms with van der Waals surface area (Å²) in [5.41, 5.74) is 2.18. The highest BCUT2D eigenvalue weighted by atomic mass is 16.5. The van der Waals surface area contributed by atoms with Crippen LogP contribution >= 0.6 is 0 Å². The lowest BCUT2D eigenvalue weighted by Crippen LogP contribution is -2.04. The molecule has 0 aliphatic rings. The standard InChI is InChI=1S/C19H18O5/c1-11-6-5-7-12-8-14(19(20)24-17(11)12)13-9-15(21-2)18(23-4)16(10-13)22-3/h5-10H,1-4H3. The van der Waals surface area contributed by atoms with Gasteiger partial charge in [0.15, 0.2) is 11.5 Å². The lowest BCUT2D eigenvalue weighted by atomic mass is 10.0. The fourth-order valence-corrected chi connectivity index (χ4v) is 2.73. The van der Waals surface area contributed by atoms with Gasteiger partial charge in [-0.15, -0.1) is 0 Å². The van der Waals surface area contributed by atoms with Gasteiger partial charge in [0, 0.05) is 5.39 Å². The summed E-state index contributed by atoms with van der Waals surface area (Å²) >= 11 is 0.